The number of hydrogen-bond acceptors (Lipinski definition) is 5. The third-order valence-corrected chi connectivity index (χ3v) is 5.37. The summed E-state index contributed by atoms with van der Waals surface area (Å²) in [6.45, 7) is 1.68. The number of rotatable bonds is 3. The van der Waals surface area contributed by atoms with E-state index in [1.54, 1.807) is 29.2 Å². The van der Waals surface area contributed by atoms with Crippen LogP contribution in [0.1, 0.15) is 10.4 Å². The summed E-state index contributed by atoms with van der Waals surface area (Å²) in [5.74, 6) is -0.303. The molecule has 3 aromatic carbocycles. The largest absolute Gasteiger partial charge is 0.507 e. The zero-order chi connectivity index (χ0) is 20.5. The second kappa shape index (κ2) is 7.60. The van der Waals surface area contributed by atoms with Crippen molar-refractivity contribution in [3.8, 4) is 5.75 Å². The number of carbonyl (C=O) groups excluding carboxylic acids is 1. The van der Waals surface area contributed by atoms with E-state index >= 15 is 0 Å². The van der Waals surface area contributed by atoms with E-state index in [9.17, 15) is 20.0 Å². The van der Waals surface area contributed by atoms with E-state index in [1.807, 2.05) is 29.2 Å². The maximum atomic E-state index is 12.9. The van der Waals surface area contributed by atoms with Gasteiger partial charge >= 0.3 is 0 Å². The molecule has 1 amide bonds. The van der Waals surface area contributed by atoms with Crippen LogP contribution in [0.2, 0.25) is 5.02 Å². The van der Waals surface area contributed by atoms with Crippen molar-refractivity contribution in [1.29, 1.82) is 0 Å². The molecular formula is C21H18ClN3O4. The number of anilines is 1. The highest BCUT2D eigenvalue weighted by atomic mass is 35.5. The van der Waals surface area contributed by atoms with E-state index in [0.717, 1.165) is 10.8 Å². The molecule has 0 saturated carbocycles. The normalized spacial score (nSPS) is 14.2. The van der Waals surface area contributed by atoms with Gasteiger partial charge in [0.2, 0.25) is 0 Å². The lowest BCUT2D eigenvalue weighted by atomic mass is 10.0. The fourth-order valence-corrected chi connectivity index (χ4v) is 3.80. The first-order chi connectivity index (χ1) is 13.9. The van der Waals surface area contributed by atoms with E-state index < -0.39 is 4.92 Å². The quantitative estimate of drug-likeness (QED) is 0.518. The molecule has 1 fully saturated rings. The Bertz CT molecular complexity index is 1110. The fraction of sp³-hybridized carbons (Fsp3) is 0.190. The van der Waals surface area contributed by atoms with Gasteiger partial charge in [0.25, 0.3) is 11.6 Å². The van der Waals surface area contributed by atoms with Gasteiger partial charge in [0.1, 0.15) is 11.4 Å². The fourth-order valence-electron chi connectivity index (χ4n) is 3.63. The number of piperazine rings is 1. The highest BCUT2D eigenvalue weighted by Crippen LogP contribution is 2.32. The summed E-state index contributed by atoms with van der Waals surface area (Å²) in [6.07, 6.45) is 0. The standard InChI is InChI=1S/C21H18ClN3O4/c22-16-5-6-18(19(13-16)25(28)29)23-7-9-24(10-8-23)21(27)17-11-14-3-1-2-4-15(14)12-20(17)26/h1-6,11-13,26H,7-10H2. The Morgan fingerprint density at radius 1 is 1.00 bits per heavy atom. The van der Waals surface area contributed by atoms with E-state index in [-0.39, 0.29) is 22.9 Å². The maximum Gasteiger partial charge on any atom is 0.294 e. The molecule has 1 saturated heterocycles. The van der Waals surface area contributed by atoms with Gasteiger partial charge in [0.05, 0.1) is 10.5 Å². The van der Waals surface area contributed by atoms with Gasteiger partial charge in [0, 0.05) is 37.3 Å². The van der Waals surface area contributed by atoms with Gasteiger partial charge in [-0.3, -0.25) is 14.9 Å². The van der Waals surface area contributed by atoms with Crippen LogP contribution >= 0.6 is 11.6 Å². The van der Waals surface area contributed by atoms with Crippen molar-refractivity contribution < 1.29 is 14.8 Å². The minimum absolute atomic E-state index is 0.0514. The van der Waals surface area contributed by atoms with Crippen molar-refractivity contribution in [3.05, 3.63) is 75.3 Å². The number of amides is 1. The molecule has 0 bridgehead atoms. The average Bonchev–Trinajstić information content (AvgIpc) is 2.73. The first kappa shape index (κ1) is 19.0. The van der Waals surface area contributed by atoms with Crippen LogP contribution in [0.3, 0.4) is 0 Å². The van der Waals surface area contributed by atoms with E-state index in [2.05, 4.69) is 0 Å². The Kier molecular flexibility index (Phi) is 4.98. The van der Waals surface area contributed by atoms with Crippen molar-refractivity contribution in [2.75, 3.05) is 31.1 Å². The van der Waals surface area contributed by atoms with Crippen LogP contribution in [-0.4, -0.2) is 47.0 Å². The Hall–Kier alpha value is -3.32. The van der Waals surface area contributed by atoms with Crippen molar-refractivity contribution in [2.45, 2.75) is 0 Å². The summed E-state index contributed by atoms with van der Waals surface area (Å²) in [4.78, 5) is 27.4. The molecule has 1 N–H and O–H groups in total. The third kappa shape index (κ3) is 3.69. The molecule has 0 aliphatic carbocycles. The van der Waals surface area contributed by atoms with Gasteiger partial charge in [0.15, 0.2) is 0 Å². The molecule has 4 rings (SSSR count). The van der Waals surface area contributed by atoms with E-state index in [1.165, 1.54) is 6.07 Å². The summed E-state index contributed by atoms with van der Waals surface area (Å²) in [5, 5.41) is 23.7. The number of nitro groups is 1. The van der Waals surface area contributed by atoms with Crippen LogP contribution in [-0.2, 0) is 0 Å². The lowest BCUT2D eigenvalue weighted by Crippen LogP contribution is -2.49. The van der Waals surface area contributed by atoms with Gasteiger partial charge < -0.3 is 14.9 Å². The number of phenolic OH excluding ortho intramolecular Hbond substituents is 1. The van der Waals surface area contributed by atoms with Crippen molar-refractivity contribution in [1.82, 2.24) is 4.90 Å². The second-order valence-electron chi connectivity index (χ2n) is 6.89. The summed E-state index contributed by atoms with van der Waals surface area (Å²) < 4.78 is 0. The van der Waals surface area contributed by atoms with Gasteiger partial charge in [-0.2, -0.15) is 0 Å². The minimum Gasteiger partial charge on any atom is -0.507 e. The van der Waals surface area contributed by atoms with Gasteiger partial charge in [-0.25, -0.2) is 0 Å². The summed E-state index contributed by atoms with van der Waals surface area (Å²) in [6, 6.07) is 15.4. The number of nitro benzene ring substituents is 1. The Balaban J connectivity index is 1.53. The molecule has 1 aliphatic rings. The molecule has 0 radical (unpaired) electrons. The molecule has 0 aromatic heterocycles. The monoisotopic (exact) mass is 411 g/mol. The number of carbonyl (C=O) groups is 1. The summed E-state index contributed by atoms with van der Waals surface area (Å²) >= 11 is 5.89. The van der Waals surface area contributed by atoms with Gasteiger partial charge in [-0.05, 0) is 35.0 Å². The molecule has 0 spiro atoms. The highest BCUT2D eigenvalue weighted by molar-refractivity contribution is 6.30. The molecule has 3 aromatic rings. The number of halogens is 1. The van der Waals surface area contributed by atoms with E-state index in [4.69, 9.17) is 11.6 Å². The first-order valence-electron chi connectivity index (χ1n) is 9.14. The molecule has 8 heteroatoms. The van der Waals surface area contributed by atoms with Gasteiger partial charge in [-0.15, -0.1) is 0 Å². The van der Waals surface area contributed by atoms with Crippen LogP contribution < -0.4 is 4.90 Å². The van der Waals surface area contributed by atoms with Crippen LogP contribution in [0.15, 0.2) is 54.6 Å². The topological polar surface area (TPSA) is 86.9 Å². The predicted molar refractivity (Wildman–Crippen MR) is 112 cm³/mol. The Morgan fingerprint density at radius 3 is 2.31 bits per heavy atom. The summed E-state index contributed by atoms with van der Waals surface area (Å²) in [5.41, 5.74) is 0.694. The number of nitrogens with zero attached hydrogens (tertiary/aromatic N) is 3. The number of benzene rings is 3. The number of hydrogen-bond donors (Lipinski definition) is 1. The highest BCUT2D eigenvalue weighted by Gasteiger charge is 2.27. The SMILES string of the molecule is O=C(c1cc2ccccc2cc1O)N1CCN(c2ccc(Cl)cc2[N+](=O)[O-])CC1. The van der Waals surface area contributed by atoms with Crippen LogP contribution in [0.4, 0.5) is 11.4 Å². The first-order valence-corrected chi connectivity index (χ1v) is 9.52. The van der Waals surface area contributed by atoms with E-state index in [0.29, 0.717) is 36.9 Å². The Labute approximate surface area is 171 Å². The van der Waals surface area contributed by atoms with Crippen LogP contribution in [0, 0.1) is 10.1 Å². The predicted octanol–water partition coefficient (Wildman–Crippen LogP) is 4.07. The zero-order valence-electron chi connectivity index (χ0n) is 15.4. The van der Waals surface area contributed by atoms with Gasteiger partial charge in [-0.1, -0.05) is 35.9 Å². The van der Waals surface area contributed by atoms with Crippen molar-refractivity contribution in [2.24, 2.45) is 0 Å². The zero-order valence-corrected chi connectivity index (χ0v) is 16.2. The molecule has 148 valence electrons. The summed E-state index contributed by atoms with van der Waals surface area (Å²) in [7, 11) is 0. The number of aromatic hydroxyl groups is 1. The molecular weight excluding hydrogens is 394 g/mol. The van der Waals surface area contributed by atoms with Crippen LogP contribution in [0.25, 0.3) is 10.8 Å². The molecule has 7 nitrogen and oxygen atoms in total. The molecule has 1 heterocycles. The molecule has 29 heavy (non-hydrogen) atoms. The smallest absolute Gasteiger partial charge is 0.294 e. The lowest BCUT2D eigenvalue weighted by molar-refractivity contribution is -0.384. The molecule has 1 aliphatic heterocycles. The maximum absolute atomic E-state index is 12.9. The van der Waals surface area contributed by atoms with Crippen molar-refractivity contribution >= 4 is 39.7 Å². The molecule has 0 atom stereocenters. The lowest BCUT2D eigenvalue weighted by Gasteiger charge is -2.36. The number of phenols is 1. The molecule has 0 unspecified atom stereocenters. The second-order valence-corrected chi connectivity index (χ2v) is 7.32. The van der Waals surface area contributed by atoms with Crippen LogP contribution in [0.5, 0.6) is 5.75 Å². The van der Waals surface area contributed by atoms with Crippen molar-refractivity contribution in [3.63, 3.8) is 0 Å². The minimum atomic E-state index is -0.453. The third-order valence-electron chi connectivity index (χ3n) is 5.14. The Morgan fingerprint density at radius 2 is 1.66 bits per heavy atom. The average molecular weight is 412 g/mol. The number of fused-ring (bicyclic) bond motifs is 1.